The van der Waals surface area contributed by atoms with Gasteiger partial charge in [0, 0.05) is 7.05 Å². The number of anilines is 1. The number of hydrogen-bond acceptors (Lipinski definition) is 3. The van der Waals surface area contributed by atoms with Crippen molar-refractivity contribution >= 4 is 11.9 Å². The predicted octanol–water partition coefficient (Wildman–Crippen LogP) is 0.330. The number of hydrogen-bond donors (Lipinski definition) is 1. The van der Waals surface area contributed by atoms with Crippen molar-refractivity contribution in [3.05, 3.63) is 18.5 Å². The van der Waals surface area contributed by atoms with Gasteiger partial charge in [-0.05, 0) is 13.0 Å². The SMILES string of the molecule is C/C=C/C(=O)Nc1ncnn1C. The minimum Gasteiger partial charge on any atom is -0.291 e. The highest BCUT2D eigenvalue weighted by Crippen LogP contribution is 1.96. The summed E-state index contributed by atoms with van der Waals surface area (Å²) in [5.41, 5.74) is 0. The molecule has 0 radical (unpaired) electrons. The van der Waals surface area contributed by atoms with E-state index in [1.54, 1.807) is 20.0 Å². The molecular formula is C7H10N4O. The molecule has 0 fully saturated rings. The molecule has 0 spiro atoms. The average Bonchev–Trinajstić information content (AvgIpc) is 2.37. The van der Waals surface area contributed by atoms with Gasteiger partial charge in [0.15, 0.2) is 0 Å². The van der Waals surface area contributed by atoms with Crippen molar-refractivity contribution in [3.8, 4) is 0 Å². The van der Waals surface area contributed by atoms with Crippen LogP contribution in [0.15, 0.2) is 18.5 Å². The van der Waals surface area contributed by atoms with Crippen molar-refractivity contribution in [3.63, 3.8) is 0 Å². The van der Waals surface area contributed by atoms with Gasteiger partial charge in [-0.2, -0.15) is 10.1 Å². The second-order valence-electron chi connectivity index (χ2n) is 2.20. The Kier molecular flexibility index (Phi) is 2.57. The number of carbonyl (C=O) groups excluding carboxylic acids is 1. The summed E-state index contributed by atoms with van der Waals surface area (Å²) in [6, 6.07) is 0. The van der Waals surface area contributed by atoms with Gasteiger partial charge in [-0.15, -0.1) is 0 Å². The van der Waals surface area contributed by atoms with Gasteiger partial charge in [0.05, 0.1) is 0 Å². The number of carbonyl (C=O) groups is 1. The fraction of sp³-hybridized carbons (Fsp3) is 0.286. The number of nitrogens with zero attached hydrogens (tertiary/aromatic N) is 3. The van der Waals surface area contributed by atoms with Crippen molar-refractivity contribution < 1.29 is 4.79 Å². The number of aromatic nitrogens is 3. The normalized spacial score (nSPS) is 10.5. The van der Waals surface area contributed by atoms with Crippen LogP contribution in [0.3, 0.4) is 0 Å². The standard InChI is InChI=1S/C7H10N4O/c1-3-4-6(12)10-7-8-5-9-11(7)2/h3-5H,1-2H3,(H,8,9,10,12)/b4-3+. The minimum absolute atomic E-state index is 0.200. The summed E-state index contributed by atoms with van der Waals surface area (Å²) in [6.45, 7) is 1.77. The summed E-state index contributed by atoms with van der Waals surface area (Å²) < 4.78 is 1.49. The molecule has 1 heterocycles. The van der Waals surface area contributed by atoms with Crippen LogP contribution in [-0.2, 0) is 11.8 Å². The molecule has 1 aromatic rings. The largest absolute Gasteiger partial charge is 0.291 e. The first-order chi connectivity index (χ1) is 5.74. The molecule has 1 N–H and O–H groups in total. The van der Waals surface area contributed by atoms with Crippen LogP contribution in [0.5, 0.6) is 0 Å². The fourth-order valence-corrected chi connectivity index (χ4v) is 0.713. The first kappa shape index (κ1) is 8.45. The van der Waals surface area contributed by atoms with E-state index in [-0.39, 0.29) is 5.91 Å². The Balaban J connectivity index is 2.64. The Labute approximate surface area is 70.1 Å². The van der Waals surface area contributed by atoms with E-state index >= 15 is 0 Å². The first-order valence-electron chi connectivity index (χ1n) is 3.51. The van der Waals surface area contributed by atoms with Crippen molar-refractivity contribution in [2.24, 2.45) is 7.05 Å². The van der Waals surface area contributed by atoms with Crippen LogP contribution < -0.4 is 5.32 Å². The lowest BCUT2D eigenvalue weighted by Crippen LogP contribution is -2.12. The molecular weight excluding hydrogens is 156 g/mol. The Hall–Kier alpha value is -1.65. The maximum Gasteiger partial charge on any atom is 0.250 e. The monoisotopic (exact) mass is 166 g/mol. The van der Waals surface area contributed by atoms with Crippen LogP contribution >= 0.6 is 0 Å². The van der Waals surface area contributed by atoms with Crippen LogP contribution in [0.1, 0.15) is 6.92 Å². The van der Waals surface area contributed by atoms with E-state index < -0.39 is 0 Å². The smallest absolute Gasteiger partial charge is 0.250 e. The second kappa shape index (κ2) is 3.66. The Bertz CT molecular complexity index is 302. The van der Waals surface area contributed by atoms with Crippen LogP contribution in [0, 0.1) is 0 Å². The van der Waals surface area contributed by atoms with Crippen molar-refractivity contribution in [2.45, 2.75) is 6.92 Å². The summed E-state index contributed by atoms with van der Waals surface area (Å²) in [4.78, 5) is 14.8. The summed E-state index contributed by atoms with van der Waals surface area (Å²) >= 11 is 0. The van der Waals surface area contributed by atoms with Gasteiger partial charge >= 0.3 is 0 Å². The van der Waals surface area contributed by atoms with E-state index in [2.05, 4.69) is 15.4 Å². The molecule has 0 aliphatic carbocycles. The van der Waals surface area contributed by atoms with Gasteiger partial charge in [-0.25, -0.2) is 4.68 Å². The van der Waals surface area contributed by atoms with Crippen molar-refractivity contribution in [2.75, 3.05) is 5.32 Å². The lowest BCUT2D eigenvalue weighted by molar-refractivity contribution is -0.112. The summed E-state index contributed by atoms with van der Waals surface area (Å²) in [6.07, 6.45) is 4.46. The van der Waals surface area contributed by atoms with Gasteiger partial charge in [0.2, 0.25) is 11.9 Å². The number of rotatable bonds is 2. The Morgan fingerprint density at radius 1 is 1.75 bits per heavy atom. The molecule has 0 atom stereocenters. The summed E-state index contributed by atoms with van der Waals surface area (Å²) in [5.74, 6) is 0.242. The minimum atomic E-state index is -0.200. The molecule has 0 saturated carbocycles. The number of nitrogens with one attached hydrogen (secondary N) is 1. The molecule has 64 valence electrons. The molecule has 12 heavy (non-hydrogen) atoms. The van der Waals surface area contributed by atoms with Crippen molar-refractivity contribution in [1.82, 2.24) is 14.8 Å². The van der Waals surface area contributed by atoms with Gasteiger partial charge in [0.25, 0.3) is 0 Å². The zero-order valence-corrected chi connectivity index (χ0v) is 6.98. The number of amides is 1. The third kappa shape index (κ3) is 1.91. The molecule has 1 aromatic heterocycles. The quantitative estimate of drug-likeness (QED) is 0.644. The maximum atomic E-state index is 11.0. The van der Waals surface area contributed by atoms with Gasteiger partial charge in [-0.3, -0.25) is 10.1 Å². The molecule has 5 nitrogen and oxygen atoms in total. The third-order valence-corrected chi connectivity index (χ3v) is 1.26. The molecule has 0 saturated heterocycles. The number of allylic oxidation sites excluding steroid dienone is 1. The highest BCUT2D eigenvalue weighted by Gasteiger charge is 2.01. The van der Waals surface area contributed by atoms with Gasteiger partial charge in [0.1, 0.15) is 6.33 Å². The topological polar surface area (TPSA) is 59.8 Å². The van der Waals surface area contributed by atoms with Gasteiger partial charge < -0.3 is 0 Å². The molecule has 0 bridgehead atoms. The Morgan fingerprint density at radius 2 is 2.50 bits per heavy atom. The Morgan fingerprint density at radius 3 is 3.00 bits per heavy atom. The maximum absolute atomic E-state index is 11.0. The molecule has 0 aromatic carbocycles. The highest BCUT2D eigenvalue weighted by molar-refractivity contribution is 5.97. The molecule has 5 heteroatoms. The van der Waals surface area contributed by atoms with Crippen LogP contribution in [-0.4, -0.2) is 20.7 Å². The third-order valence-electron chi connectivity index (χ3n) is 1.26. The number of aryl methyl sites for hydroxylation is 1. The molecule has 0 aliphatic rings. The van der Waals surface area contributed by atoms with E-state index in [1.165, 1.54) is 17.1 Å². The second-order valence-corrected chi connectivity index (χ2v) is 2.20. The van der Waals surface area contributed by atoms with Crippen LogP contribution in [0.25, 0.3) is 0 Å². The first-order valence-corrected chi connectivity index (χ1v) is 3.51. The lowest BCUT2D eigenvalue weighted by Gasteiger charge is -1.98. The molecule has 1 amide bonds. The van der Waals surface area contributed by atoms with E-state index in [9.17, 15) is 4.79 Å². The van der Waals surface area contributed by atoms with Crippen molar-refractivity contribution in [1.29, 1.82) is 0 Å². The fourth-order valence-electron chi connectivity index (χ4n) is 0.713. The molecule has 1 rings (SSSR count). The zero-order valence-electron chi connectivity index (χ0n) is 6.98. The lowest BCUT2D eigenvalue weighted by atomic mass is 10.5. The van der Waals surface area contributed by atoms with E-state index in [0.29, 0.717) is 5.95 Å². The van der Waals surface area contributed by atoms with E-state index in [1.807, 2.05) is 0 Å². The van der Waals surface area contributed by atoms with Gasteiger partial charge in [-0.1, -0.05) is 6.08 Å². The summed E-state index contributed by atoms with van der Waals surface area (Å²) in [5, 5.41) is 6.35. The summed E-state index contributed by atoms with van der Waals surface area (Å²) in [7, 11) is 1.71. The van der Waals surface area contributed by atoms with E-state index in [4.69, 9.17) is 0 Å². The highest BCUT2D eigenvalue weighted by atomic mass is 16.1. The van der Waals surface area contributed by atoms with Crippen LogP contribution in [0.4, 0.5) is 5.95 Å². The zero-order chi connectivity index (χ0) is 8.97. The molecule has 0 unspecified atom stereocenters. The van der Waals surface area contributed by atoms with Crippen LogP contribution in [0.2, 0.25) is 0 Å². The molecule has 0 aliphatic heterocycles. The predicted molar refractivity (Wildman–Crippen MR) is 44.4 cm³/mol. The average molecular weight is 166 g/mol. The van der Waals surface area contributed by atoms with E-state index in [0.717, 1.165) is 0 Å².